The van der Waals surface area contributed by atoms with Crippen LogP contribution in [0.2, 0.25) is 0 Å². The number of aromatic nitrogens is 4. The Bertz CT molecular complexity index is 489. The van der Waals surface area contributed by atoms with Crippen molar-refractivity contribution in [2.24, 2.45) is 0 Å². The molecular weight excluding hydrogens is 296 g/mol. The zero-order valence-electron chi connectivity index (χ0n) is 8.80. The third-order valence-electron chi connectivity index (χ3n) is 2.21. The van der Waals surface area contributed by atoms with Crippen LogP contribution in [0.4, 0.5) is 14.6 Å². The fourth-order valence-corrected chi connectivity index (χ4v) is 1.95. The summed E-state index contributed by atoms with van der Waals surface area (Å²) in [5, 5.41) is 8.19. The molecule has 0 atom stereocenters. The van der Waals surface area contributed by atoms with Gasteiger partial charge in [0, 0.05) is 24.3 Å². The van der Waals surface area contributed by atoms with E-state index in [1.54, 1.807) is 16.8 Å². The Morgan fingerprint density at radius 1 is 1.47 bits per heavy atom. The molecule has 0 aromatic carbocycles. The zero-order chi connectivity index (χ0) is 12.3. The van der Waals surface area contributed by atoms with Crippen molar-refractivity contribution in [2.75, 3.05) is 23.3 Å². The van der Waals surface area contributed by atoms with Gasteiger partial charge in [0.15, 0.2) is 5.82 Å². The summed E-state index contributed by atoms with van der Waals surface area (Å²) in [6, 6.07) is 0. The van der Waals surface area contributed by atoms with E-state index in [4.69, 9.17) is 0 Å². The van der Waals surface area contributed by atoms with E-state index in [0.29, 0.717) is 23.3 Å². The lowest BCUT2D eigenvalue weighted by molar-refractivity contribution is 0.155. The van der Waals surface area contributed by atoms with Gasteiger partial charge in [-0.2, -0.15) is 0 Å². The molecule has 2 aromatic rings. The fraction of sp³-hybridized carbons (Fsp3) is 0.444. The quantitative estimate of drug-likeness (QED) is 0.787. The molecule has 0 spiro atoms. The van der Waals surface area contributed by atoms with Gasteiger partial charge < -0.3 is 4.90 Å². The van der Waals surface area contributed by atoms with Crippen molar-refractivity contribution in [3.05, 3.63) is 18.7 Å². The number of anilines is 1. The minimum Gasteiger partial charge on any atom is -0.347 e. The standard InChI is InChI=1S/C9H10BrF2N5/c10-1-3-16(5-7(11)12)8-9-15-14-6-17(9)4-2-13-8/h2,4,6-7H,1,3,5H2. The highest BCUT2D eigenvalue weighted by molar-refractivity contribution is 9.09. The highest BCUT2D eigenvalue weighted by Gasteiger charge is 2.17. The first-order chi connectivity index (χ1) is 8.22. The van der Waals surface area contributed by atoms with Crippen molar-refractivity contribution in [2.45, 2.75) is 6.43 Å². The van der Waals surface area contributed by atoms with Gasteiger partial charge in [0.1, 0.15) is 6.33 Å². The topological polar surface area (TPSA) is 46.3 Å². The SMILES string of the molecule is FC(F)CN(CCBr)c1nccn2cnnc12. The number of fused-ring (bicyclic) bond motifs is 1. The molecule has 0 radical (unpaired) electrons. The Morgan fingerprint density at radius 3 is 3.00 bits per heavy atom. The molecule has 0 aliphatic rings. The molecule has 0 bridgehead atoms. The molecule has 2 heterocycles. The van der Waals surface area contributed by atoms with Crippen molar-refractivity contribution in [1.82, 2.24) is 19.6 Å². The van der Waals surface area contributed by atoms with Crippen molar-refractivity contribution >= 4 is 27.4 Å². The van der Waals surface area contributed by atoms with Crippen LogP contribution in [-0.4, -0.2) is 44.4 Å². The molecule has 92 valence electrons. The maximum Gasteiger partial charge on any atom is 0.255 e. The largest absolute Gasteiger partial charge is 0.347 e. The Morgan fingerprint density at radius 2 is 2.29 bits per heavy atom. The molecular formula is C9H10BrF2N5. The summed E-state index contributed by atoms with van der Waals surface area (Å²) in [5.41, 5.74) is 0.481. The van der Waals surface area contributed by atoms with E-state index < -0.39 is 6.43 Å². The van der Waals surface area contributed by atoms with E-state index in [1.807, 2.05) is 0 Å². The van der Waals surface area contributed by atoms with Crippen LogP contribution in [0.5, 0.6) is 0 Å². The summed E-state index contributed by atoms with van der Waals surface area (Å²) >= 11 is 3.23. The van der Waals surface area contributed by atoms with Crippen LogP contribution in [-0.2, 0) is 0 Å². The molecule has 0 unspecified atom stereocenters. The van der Waals surface area contributed by atoms with Crippen molar-refractivity contribution < 1.29 is 8.78 Å². The lowest BCUT2D eigenvalue weighted by Crippen LogP contribution is -2.31. The lowest BCUT2D eigenvalue weighted by Gasteiger charge is -2.22. The van der Waals surface area contributed by atoms with E-state index >= 15 is 0 Å². The Hall–Kier alpha value is -1.31. The average molecular weight is 306 g/mol. The number of nitrogens with zero attached hydrogens (tertiary/aromatic N) is 5. The van der Waals surface area contributed by atoms with Gasteiger partial charge in [0.25, 0.3) is 6.43 Å². The number of alkyl halides is 3. The molecule has 0 aliphatic heterocycles. The predicted molar refractivity (Wildman–Crippen MR) is 62.8 cm³/mol. The van der Waals surface area contributed by atoms with Crippen LogP contribution in [0.3, 0.4) is 0 Å². The summed E-state index contributed by atoms with van der Waals surface area (Å²) < 4.78 is 26.6. The summed E-state index contributed by atoms with van der Waals surface area (Å²) in [5.74, 6) is 0.421. The second-order valence-corrected chi connectivity index (χ2v) is 4.13. The van der Waals surface area contributed by atoms with Crippen molar-refractivity contribution in [1.29, 1.82) is 0 Å². The van der Waals surface area contributed by atoms with Crippen LogP contribution in [0.25, 0.3) is 5.65 Å². The molecule has 17 heavy (non-hydrogen) atoms. The molecule has 0 amide bonds. The lowest BCUT2D eigenvalue weighted by atomic mass is 10.4. The highest BCUT2D eigenvalue weighted by atomic mass is 79.9. The minimum absolute atomic E-state index is 0.370. The van der Waals surface area contributed by atoms with E-state index in [2.05, 4.69) is 31.1 Å². The van der Waals surface area contributed by atoms with E-state index in [1.165, 1.54) is 11.2 Å². The van der Waals surface area contributed by atoms with Crippen molar-refractivity contribution in [3.8, 4) is 0 Å². The maximum absolute atomic E-state index is 12.5. The van der Waals surface area contributed by atoms with Gasteiger partial charge in [-0.15, -0.1) is 10.2 Å². The summed E-state index contributed by atoms with van der Waals surface area (Å²) in [6.45, 7) is 0.0645. The van der Waals surface area contributed by atoms with Gasteiger partial charge in [-0.25, -0.2) is 13.8 Å². The van der Waals surface area contributed by atoms with Crippen molar-refractivity contribution in [3.63, 3.8) is 0 Å². The highest BCUT2D eigenvalue weighted by Crippen LogP contribution is 2.17. The first kappa shape index (κ1) is 12.2. The Kier molecular flexibility index (Phi) is 3.82. The van der Waals surface area contributed by atoms with Crippen LogP contribution < -0.4 is 4.90 Å². The Balaban J connectivity index is 2.36. The van der Waals surface area contributed by atoms with Gasteiger partial charge in [0.2, 0.25) is 5.65 Å². The first-order valence-corrected chi connectivity index (χ1v) is 6.08. The van der Waals surface area contributed by atoms with Gasteiger partial charge in [0.05, 0.1) is 6.54 Å². The zero-order valence-corrected chi connectivity index (χ0v) is 10.4. The Labute approximate surface area is 105 Å². The first-order valence-electron chi connectivity index (χ1n) is 4.95. The average Bonchev–Trinajstić information content (AvgIpc) is 2.75. The molecule has 8 heteroatoms. The molecule has 5 nitrogen and oxygen atoms in total. The third kappa shape index (κ3) is 2.68. The number of rotatable bonds is 5. The maximum atomic E-state index is 12.5. The van der Waals surface area contributed by atoms with Gasteiger partial charge in [-0.05, 0) is 0 Å². The van der Waals surface area contributed by atoms with Crippen LogP contribution >= 0.6 is 15.9 Å². The second kappa shape index (κ2) is 5.35. The monoisotopic (exact) mass is 305 g/mol. The molecule has 0 fully saturated rings. The molecule has 2 aromatic heterocycles. The summed E-state index contributed by atoms with van der Waals surface area (Å²) in [7, 11) is 0. The molecule has 2 rings (SSSR count). The predicted octanol–water partition coefficient (Wildman–Crippen LogP) is 1.59. The molecule has 0 aliphatic carbocycles. The van der Waals surface area contributed by atoms with E-state index in [-0.39, 0.29) is 6.54 Å². The third-order valence-corrected chi connectivity index (χ3v) is 2.56. The van der Waals surface area contributed by atoms with E-state index in [9.17, 15) is 8.78 Å². The molecule has 0 saturated carbocycles. The number of halogens is 3. The van der Waals surface area contributed by atoms with Gasteiger partial charge in [-0.1, -0.05) is 15.9 Å². The second-order valence-electron chi connectivity index (χ2n) is 3.34. The van der Waals surface area contributed by atoms with Gasteiger partial charge in [-0.3, -0.25) is 4.40 Å². The minimum atomic E-state index is -2.42. The van der Waals surface area contributed by atoms with Crippen LogP contribution in [0.15, 0.2) is 18.7 Å². The fourth-order valence-electron chi connectivity index (χ4n) is 1.52. The van der Waals surface area contributed by atoms with Gasteiger partial charge >= 0.3 is 0 Å². The van der Waals surface area contributed by atoms with Crippen LogP contribution in [0, 0.1) is 0 Å². The van der Waals surface area contributed by atoms with Crippen LogP contribution in [0.1, 0.15) is 0 Å². The smallest absolute Gasteiger partial charge is 0.255 e. The molecule has 0 N–H and O–H groups in total. The number of hydrogen-bond donors (Lipinski definition) is 0. The summed E-state index contributed by atoms with van der Waals surface area (Å²) in [6.07, 6.45) is 2.31. The number of hydrogen-bond acceptors (Lipinski definition) is 4. The summed E-state index contributed by atoms with van der Waals surface area (Å²) in [4.78, 5) is 5.59. The molecule has 0 saturated heterocycles. The van der Waals surface area contributed by atoms with E-state index in [0.717, 1.165) is 0 Å². The normalized spacial score (nSPS) is 11.3.